The Morgan fingerprint density at radius 3 is 2.75 bits per heavy atom. The molecule has 1 amide bonds. The molecule has 4 rings (SSSR count). The summed E-state index contributed by atoms with van der Waals surface area (Å²) in [7, 11) is 1.59. The summed E-state index contributed by atoms with van der Waals surface area (Å²) >= 11 is 0. The zero-order chi connectivity index (χ0) is 19.3. The first-order chi connectivity index (χ1) is 13.7. The fourth-order valence-electron chi connectivity index (χ4n) is 3.16. The predicted molar refractivity (Wildman–Crippen MR) is 108 cm³/mol. The van der Waals surface area contributed by atoms with Crippen LogP contribution in [0.5, 0.6) is 5.75 Å². The largest absolute Gasteiger partial charge is 0.497 e. The van der Waals surface area contributed by atoms with Crippen LogP contribution in [0.2, 0.25) is 0 Å². The van der Waals surface area contributed by atoms with Crippen molar-refractivity contribution in [2.45, 2.75) is 19.3 Å². The Morgan fingerprint density at radius 2 is 1.93 bits per heavy atom. The number of aryl methyl sites for hydroxylation is 2. The molecule has 2 aromatic carbocycles. The van der Waals surface area contributed by atoms with Gasteiger partial charge in [-0.05, 0) is 48.7 Å². The molecule has 0 fully saturated rings. The van der Waals surface area contributed by atoms with Crippen LogP contribution in [-0.4, -0.2) is 33.2 Å². The first-order valence-corrected chi connectivity index (χ1v) is 9.14. The molecule has 3 N–H and O–H groups in total. The molecule has 0 aliphatic rings. The summed E-state index contributed by atoms with van der Waals surface area (Å²) in [5, 5.41) is 10.9. The van der Waals surface area contributed by atoms with E-state index in [2.05, 4.69) is 43.8 Å². The van der Waals surface area contributed by atoms with Crippen molar-refractivity contribution >= 4 is 22.8 Å². The van der Waals surface area contributed by atoms with E-state index in [4.69, 9.17) is 4.74 Å². The van der Waals surface area contributed by atoms with E-state index in [1.807, 2.05) is 12.1 Å². The number of carbonyl (C=O) groups excluding carboxylic acids is 1. The minimum Gasteiger partial charge on any atom is -0.497 e. The maximum absolute atomic E-state index is 12.3. The first-order valence-electron chi connectivity index (χ1n) is 9.14. The topological polar surface area (TPSA) is 95.7 Å². The fraction of sp³-hybridized carbons (Fsp3) is 0.190. The monoisotopic (exact) mass is 375 g/mol. The van der Waals surface area contributed by atoms with E-state index in [1.54, 1.807) is 31.4 Å². The van der Waals surface area contributed by atoms with Crippen molar-refractivity contribution < 1.29 is 9.53 Å². The number of amides is 1. The summed E-state index contributed by atoms with van der Waals surface area (Å²) in [6.07, 6.45) is 4.69. The molecule has 2 aromatic heterocycles. The zero-order valence-corrected chi connectivity index (χ0v) is 15.5. The van der Waals surface area contributed by atoms with Gasteiger partial charge in [-0.15, -0.1) is 5.10 Å². The van der Waals surface area contributed by atoms with Gasteiger partial charge in [-0.2, -0.15) is 4.98 Å². The van der Waals surface area contributed by atoms with Gasteiger partial charge in [-0.1, -0.05) is 18.2 Å². The van der Waals surface area contributed by atoms with Gasteiger partial charge in [0.05, 0.1) is 7.11 Å². The van der Waals surface area contributed by atoms with Gasteiger partial charge < -0.3 is 9.72 Å². The molecule has 0 saturated heterocycles. The van der Waals surface area contributed by atoms with Gasteiger partial charge in [0.25, 0.3) is 5.91 Å². The van der Waals surface area contributed by atoms with Gasteiger partial charge in [0, 0.05) is 29.1 Å². The molecule has 4 aromatic rings. The van der Waals surface area contributed by atoms with E-state index in [1.165, 1.54) is 10.9 Å². The molecule has 0 aliphatic heterocycles. The average Bonchev–Trinajstić information content (AvgIpc) is 3.35. The molecule has 0 radical (unpaired) electrons. The minimum absolute atomic E-state index is 0.257. The second-order valence-electron chi connectivity index (χ2n) is 6.50. The summed E-state index contributed by atoms with van der Waals surface area (Å²) in [6.45, 7) is 0. The predicted octanol–water partition coefficient (Wildman–Crippen LogP) is 3.72. The Morgan fingerprint density at radius 1 is 1.11 bits per heavy atom. The molecule has 0 aliphatic carbocycles. The summed E-state index contributed by atoms with van der Waals surface area (Å²) in [5.41, 5.74) is 2.97. The zero-order valence-electron chi connectivity index (χ0n) is 15.5. The second-order valence-corrected chi connectivity index (χ2v) is 6.50. The minimum atomic E-state index is -0.257. The number of fused-ring (bicyclic) bond motifs is 1. The van der Waals surface area contributed by atoms with E-state index in [9.17, 15) is 4.79 Å². The number of nitrogens with one attached hydrogen (secondary N) is 3. The van der Waals surface area contributed by atoms with Crippen molar-refractivity contribution in [3.8, 4) is 5.75 Å². The quantitative estimate of drug-likeness (QED) is 0.459. The van der Waals surface area contributed by atoms with Gasteiger partial charge in [-0.25, -0.2) is 0 Å². The Balaban J connectivity index is 1.32. The number of methoxy groups -OCH3 is 1. The molecule has 2 heterocycles. The van der Waals surface area contributed by atoms with Crippen molar-refractivity contribution in [3.05, 3.63) is 71.7 Å². The van der Waals surface area contributed by atoms with Crippen LogP contribution in [0.25, 0.3) is 10.9 Å². The molecule has 28 heavy (non-hydrogen) atoms. The SMILES string of the molecule is COc1ccc(C(=O)Nc2n[nH]c(CCCc3c[nH]c4ccccc34)n2)cc1. The van der Waals surface area contributed by atoms with Crippen LogP contribution in [0.1, 0.15) is 28.2 Å². The van der Waals surface area contributed by atoms with Crippen molar-refractivity contribution in [1.29, 1.82) is 0 Å². The standard InChI is InChI=1S/C21H21N5O2/c1-28-16-11-9-14(10-12-16)20(27)24-21-23-19(25-26-21)8-4-5-15-13-22-18-7-3-2-6-17(15)18/h2-3,6-7,9-13,22H,4-5,8H2,1H3,(H2,23,24,25,26,27). The molecule has 0 spiro atoms. The number of H-pyrrole nitrogens is 2. The normalized spacial score (nSPS) is 10.9. The van der Waals surface area contributed by atoms with Crippen molar-refractivity contribution in [2.24, 2.45) is 0 Å². The highest BCUT2D eigenvalue weighted by Crippen LogP contribution is 2.19. The fourth-order valence-corrected chi connectivity index (χ4v) is 3.16. The summed E-state index contributed by atoms with van der Waals surface area (Å²) in [5.74, 6) is 1.48. The van der Waals surface area contributed by atoms with Crippen LogP contribution < -0.4 is 10.1 Å². The maximum Gasteiger partial charge on any atom is 0.258 e. The third-order valence-corrected chi connectivity index (χ3v) is 4.64. The number of aromatic nitrogens is 4. The highest BCUT2D eigenvalue weighted by molar-refractivity contribution is 6.03. The van der Waals surface area contributed by atoms with Gasteiger partial charge in [0.2, 0.25) is 5.95 Å². The van der Waals surface area contributed by atoms with E-state index in [0.29, 0.717) is 11.3 Å². The number of hydrogen-bond donors (Lipinski definition) is 3. The highest BCUT2D eigenvalue weighted by atomic mass is 16.5. The van der Waals surface area contributed by atoms with Gasteiger partial charge in [0.15, 0.2) is 0 Å². The number of hydrogen-bond acceptors (Lipinski definition) is 4. The van der Waals surface area contributed by atoms with Crippen LogP contribution in [0.3, 0.4) is 0 Å². The van der Waals surface area contributed by atoms with Crippen LogP contribution in [0.4, 0.5) is 5.95 Å². The molecule has 7 nitrogen and oxygen atoms in total. The third-order valence-electron chi connectivity index (χ3n) is 4.64. The van der Waals surface area contributed by atoms with Crippen LogP contribution in [0.15, 0.2) is 54.7 Å². The van der Waals surface area contributed by atoms with Gasteiger partial charge in [-0.3, -0.25) is 15.2 Å². The number of para-hydroxylation sites is 1. The van der Waals surface area contributed by atoms with Crippen molar-refractivity contribution in [2.75, 3.05) is 12.4 Å². The lowest BCUT2D eigenvalue weighted by atomic mass is 10.1. The number of aromatic amines is 2. The number of carbonyl (C=O) groups is 1. The van der Waals surface area contributed by atoms with Crippen LogP contribution in [0, 0.1) is 0 Å². The highest BCUT2D eigenvalue weighted by Gasteiger charge is 2.10. The Kier molecular flexibility index (Phi) is 5.05. The Hall–Kier alpha value is -3.61. The molecule has 0 saturated carbocycles. The Labute approximate surface area is 162 Å². The molecular formula is C21H21N5O2. The van der Waals surface area contributed by atoms with Gasteiger partial charge in [0.1, 0.15) is 11.6 Å². The van der Waals surface area contributed by atoms with E-state index in [0.717, 1.165) is 30.6 Å². The molecule has 142 valence electrons. The first kappa shape index (κ1) is 17.8. The summed E-state index contributed by atoms with van der Waals surface area (Å²) in [4.78, 5) is 19.9. The number of benzene rings is 2. The Bertz CT molecular complexity index is 1080. The maximum atomic E-state index is 12.3. The van der Waals surface area contributed by atoms with Crippen LogP contribution in [-0.2, 0) is 12.8 Å². The lowest BCUT2D eigenvalue weighted by Gasteiger charge is -2.02. The number of nitrogens with zero attached hydrogens (tertiary/aromatic N) is 2. The second kappa shape index (κ2) is 7.96. The molecule has 0 atom stereocenters. The molecule has 0 unspecified atom stereocenters. The van der Waals surface area contributed by atoms with E-state index >= 15 is 0 Å². The average molecular weight is 375 g/mol. The lowest BCUT2D eigenvalue weighted by molar-refractivity contribution is 0.102. The molecule has 0 bridgehead atoms. The third kappa shape index (κ3) is 3.88. The van der Waals surface area contributed by atoms with Gasteiger partial charge >= 0.3 is 0 Å². The summed E-state index contributed by atoms with van der Waals surface area (Å²) in [6, 6.07) is 15.2. The lowest BCUT2D eigenvalue weighted by Crippen LogP contribution is -2.12. The number of ether oxygens (including phenoxy) is 1. The molecule has 7 heteroatoms. The van der Waals surface area contributed by atoms with E-state index in [-0.39, 0.29) is 11.9 Å². The van der Waals surface area contributed by atoms with E-state index < -0.39 is 0 Å². The van der Waals surface area contributed by atoms with Crippen molar-refractivity contribution in [3.63, 3.8) is 0 Å². The smallest absolute Gasteiger partial charge is 0.258 e. The van der Waals surface area contributed by atoms with Crippen molar-refractivity contribution in [1.82, 2.24) is 20.2 Å². The van der Waals surface area contributed by atoms with Crippen LogP contribution >= 0.6 is 0 Å². The number of anilines is 1. The molecular weight excluding hydrogens is 354 g/mol. The number of rotatable bonds is 7. The summed E-state index contributed by atoms with van der Waals surface area (Å²) < 4.78 is 5.10.